The van der Waals surface area contributed by atoms with Gasteiger partial charge in [-0.3, -0.25) is 0 Å². The lowest BCUT2D eigenvalue weighted by molar-refractivity contribution is 0.0596. The Morgan fingerprint density at radius 1 is 1.30 bits per heavy atom. The highest BCUT2D eigenvalue weighted by Gasteiger charge is 2.18. The molecule has 0 saturated heterocycles. The van der Waals surface area contributed by atoms with E-state index in [0.29, 0.717) is 9.26 Å². The Bertz CT molecular complexity index is 664. The second-order valence-corrected chi connectivity index (χ2v) is 4.99. The predicted octanol–water partition coefficient (Wildman–Crippen LogP) is 3.11. The normalized spacial score (nSPS) is 10.2. The van der Waals surface area contributed by atoms with Crippen molar-refractivity contribution in [2.75, 3.05) is 7.11 Å². The summed E-state index contributed by atoms with van der Waals surface area (Å²) in [5.74, 6) is -0.790. The molecule has 0 aliphatic rings. The van der Waals surface area contributed by atoms with Gasteiger partial charge >= 0.3 is 5.97 Å². The fraction of sp³-hybridized carbons (Fsp3) is 0.154. The molecule has 1 aromatic carbocycles. The topological polar surface area (TPSA) is 61.3 Å². The summed E-state index contributed by atoms with van der Waals surface area (Å²) in [6.45, 7) is 1.76. The van der Waals surface area contributed by atoms with Crippen LogP contribution < -0.4 is 4.74 Å². The molecule has 0 aliphatic carbocycles. The van der Waals surface area contributed by atoms with E-state index in [1.807, 2.05) is 22.6 Å². The maximum atomic E-state index is 13.2. The van der Waals surface area contributed by atoms with Crippen molar-refractivity contribution in [1.29, 1.82) is 0 Å². The summed E-state index contributed by atoms with van der Waals surface area (Å²) >= 11 is 1.92. The van der Waals surface area contributed by atoms with E-state index in [1.165, 1.54) is 25.3 Å². The fourth-order valence-electron chi connectivity index (χ4n) is 1.48. The van der Waals surface area contributed by atoms with Crippen LogP contribution in [0.2, 0.25) is 0 Å². The van der Waals surface area contributed by atoms with Crippen molar-refractivity contribution < 1.29 is 18.7 Å². The monoisotopic (exact) mass is 388 g/mol. The number of ether oxygens (including phenoxy) is 2. The van der Waals surface area contributed by atoms with Crippen LogP contribution in [0.4, 0.5) is 4.39 Å². The predicted molar refractivity (Wildman–Crippen MR) is 77.3 cm³/mol. The van der Waals surface area contributed by atoms with Crippen LogP contribution in [0.25, 0.3) is 0 Å². The van der Waals surface area contributed by atoms with E-state index < -0.39 is 11.8 Å². The number of aromatic nitrogens is 2. The van der Waals surface area contributed by atoms with E-state index >= 15 is 0 Å². The van der Waals surface area contributed by atoms with Gasteiger partial charge < -0.3 is 9.47 Å². The molecule has 0 fully saturated rings. The van der Waals surface area contributed by atoms with Gasteiger partial charge in [0, 0.05) is 6.07 Å². The van der Waals surface area contributed by atoms with Gasteiger partial charge in [0.2, 0.25) is 0 Å². The molecule has 20 heavy (non-hydrogen) atoms. The minimum absolute atomic E-state index is 0.0223. The molecule has 5 nitrogen and oxygen atoms in total. The molecule has 104 valence electrons. The molecule has 0 amide bonds. The molecular weight excluding hydrogens is 378 g/mol. The van der Waals surface area contributed by atoms with Gasteiger partial charge in [-0.05, 0) is 47.2 Å². The minimum atomic E-state index is -0.595. The number of carbonyl (C=O) groups is 1. The zero-order valence-corrected chi connectivity index (χ0v) is 12.8. The maximum Gasteiger partial charge on any atom is 0.343 e. The molecule has 0 unspecified atom stereocenters. The quantitative estimate of drug-likeness (QED) is 0.598. The molecule has 0 radical (unpaired) electrons. The van der Waals surface area contributed by atoms with Gasteiger partial charge in [0.25, 0.3) is 5.88 Å². The first-order chi connectivity index (χ1) is 9.51. The smallest absolute Gasteiger partial charge is 0.343 e. The molecule has 2 aromatic rings. The Balaban J connectivity index is 2.43. The molecule has 0 spiro atoms. The SMILES string of the molecule is COC(=O)c1cc(I)nnc1Oc1cc(F)ccc1C. The fourth-order valence-corrected chi connectivity index (χ4v) is 1.90. The van der Waals surface area contributed by atoms with Gasteiger partial charge in [0.15, 0.2) is 0 Å². The van der Waals surface area contributed by atoms with E-state index in [9.17, 15) is 9.18 Å². The number of aryl methyl sites for hydroxylation is 1. The summed E-state index contributed by atoms with van der Waals surface area (Å²) in [6.07, 6.45) is 0. The van der Waals surface area contributed by atoms with Crippen molar-refractivity contribution in [3.05, 3.63) is 44.9 Å². The van der Waals surface area contributed by atoms with Gasteiger partial charge in [-0.2, -0.15) is 0 Å². The van der Waals surface area contributed by atoms with Crippen LogP contribution in [-0.4, -0.2) is 23.3 Å². The Morgan fingerprint density at radius 2 is 2.05 bits per heavy atom. The summed E-state index contributed by atoms with van der Waals surface area (Å²) in [5, 5.41) is 7.63. The van der Waals surface area contributed by atoms with E-state index in [4.69, 9.17) is 4.74 Å². The van der Waals surface area contributed by atoms with Gasteiger partial charge in [0.1, 0.15) is 20.8 Å². The molecule has 0 bridgehead atoms. The van der Waals surface area contributed by atoms with E-state index in [-0.39, 0.29) is 17.2 Å². The van der Waals surface area contributed by atoms with Gasteiger partial charge in [-0.25, -0.2) is 9.18 Å². The number of benzene rings is 1. The summed E-state index contributed by atoms with van der Waals surface area (Å²) < 4.78 is 23.9. The molecular formula is C13H10FIN2O3. The van der Waals surface area contributed by atoms with E-state index in [0.717, 1.165) is 0 Å². The number of carbonyl (C=O) groups excluding carboxylic acids is 1. The second-order valence-electron chi connectivity index (χ2n) is 3.89. The summed E-state index contributed by atoms with van der Waals surface area (Å²) in [4.78, 5) is 11.7. The second kappa shape index (κ2) is 6.12. The van der Waals surface area contributed by atoms with E-state index in [2.05, 4.69) is 14.9 Å². The first-order valence-corrected chi connectivity index (χ1v) is 6.64. The van der Waals surface area contributed by atoms with Crippen molar-refractivity contribution in [3.63, 3.8) is 0 Å². The summed E-state index contributed by atoms with van der Waals surface area (Å²) in [7, 11) is 1.26. The van der Waals surface area contributed by atoms with Crippen LogP contribution >= 0.6 is 22.6 Å². The molecule has 0 atom stereocenters. The number of nitrogens with zero attached hydrogens (tertiary/aromatic N) is 2. The van der Waals surface area contributed by atoms with Gasteiger partial charge in [0.05, 0.1) is 7.11 Å². The Morgan fingerprint density at radius 3 is 2.75 bits per heavy atom. The Kier molecular flexibility index (Phi) is 4.48. The van der Waals surface area contributed by atoms with Crippen molar-refractivity contribution in [2.45, 2.75) is 6.92 Å². The molecule has 2 rings (SSSR count). The number of halogens is 2. The van der Waals surface area contributed by atoms with Crippen LogP contribution in [0.15, 0.2) is 24.3 Å². The number of methoxy groups -OCH3 is 1. The molecule has 0 aliphatic heterocycles. The van der Waals surface area contributed by atoms with Crippen molar-refractivity contribution in [3.8, 4) is 11.6 Å². The lowest BCUT2D eigenvalue weighted by Gasteiger charge is -2.10. The molecule has 1 aromatic heterocycles. The minimum Gasteiger partial charge on any atom is -0.465 e. The largest absolute Gasteiger partial charge is 0.465 e. The molecule has 1 heterocycles. The zero-order chi connectivity index (χ0) is 14.7. The first-order valence-electron chi connectivity index (χ1n) is 5.57. The number of hydrogen-bond donors (Lipinski definition) is 0. The van der Waals surface area contributed by atoms with E-state index in [1.54, 1.807) is 13.0 Å². The highest BCUT2D eigenvalue weighted by Crippen LogP contribution is 2.27. The lowest BCUT2D eigenvalue weighted by atomic mass is 10.2. The Labute approximate surface area is 128 Å². The maximum absolute atomic E-state index is 13.2. The molecule has 7 heteroatoms. The zero-order valence-electron chi connectivity index (χ0n) is 10.7. The lowest BCUT2D eigenvalue weighted by Crippen LogP contribution is -2.07. The van der Waals surface area contributed by atoms with Crippen LogP contribution in [0.5, 0.6) is 11.6 Å². The Hall–Kier alpha value is -1.77. The number of hydrogen-bond acceptors (Lipinski definition) is 5. The molecule has 0 saturated carbocycles. The van der Waals surface area contributed by atoms with Gasteiger partial charge in [-0.15, -0.1) is 10.2 Å². The summed E-state index contributed by atoms with van der Waals surface area (Å²) in [5.41, 5.74) is 0.845. The third kappa shape index (κ3) is 3.21. The first kappa shape index (κ1) is 14.6. The van der Waals surface area contributed by atoms with Crippen LogP contribution in [-0.2, 0) is 4.74 Å². The van der Waals surface area contributed by atoms with Crippen LogP contribution in [0.1, 0.15) is 15.9 Å². The van der Waals surface area contributed by atoms with Crippen molar-refractivity contribution in [2.24, 2.45) is 0 Å². The average molecular weight is 388 g/mol. The highest BCUT2D eigenvalue weighted by atomic mass is 127. The molecule has 0 N–H and O–H groups in total. The van der Waals surface area contributed by atoms with Crippen molar-refractivity contribution in [1.82, 2.24) is 10.2 Å². The number of esters is 1. The standard InChI is InChI=1S/C13H10FIN2O3/c1-7-3-4-8(14)5-10(7)20-12-9(13(18)19-2)6-11(15)16-17-12/h3-6H,1-2H3. The van der Waals surface area contributed by atoms with Crippen molar-refractivity contribution >= 4 is 28.6 Å². The third-order valence-electron chi connectivity index (χ3n) is 2.49. The third-order valence-corrected chi connectivity index (χ3v) is 3.02. The summed E-state index contributed by atoms with van der Waals surface area (Å²) in [6, 6.07) is 5.60. The number of rotatable bonds is 3. The van der Waals surface area contributed by atoms with Crippen LogP contribution in [0, 0.1) is 16.4 Å². The van der Waals surface area contributed by atoms with Crippen LogP contribution in [0.3, 0.4) is 0 Å². The average Bonchev–Trinajstić information content (AvgIpc) is 2.43. The van der Waals surface area contributed by atoms with Gasteiger partial charge in [-0.1, -0.05) is 6.07 Å². The highest BCUT2D eigenvalue weighted by molar-refractivity contribution is 14.1.